The number of carbonyl (C=O) groups is 1. The highest BCUT2D eigenvalue weighted by molar-refractivity contribution is 6.30. The first-order chi connectivity index (χ1) is 12.4. The molecule has 0 bridgehead atoms. The van der Waals surface area contributed by atoms with E-state index in [0.717, 1.165) is 4.68 Å². The zero-order valence-corrected chi connectivity index (χ0v) is 14.2. The van der Waals surface area contributed by atoms with Crippen LogP contribution in [0.5, 0.6) is 0 Å². The van der Waals surface area contributed by atoms with Gasteiger partial charge in [-0.25, -0.2) is 9.36 Å². The van der Waals surface area contributed by atoms with E-state index in [4.69, 9.17) is 21.2 Å². The Hall–Kier alpha value is -3.27. The van der Waals surface area contributed by atoms with Gasteiger partial charge in [-0.05, 0) is 24.3 Å². The van der Waals surface area contributed by atoms with Gasteiger partial charge < -0.3 is 9.63 Å². The van der Waals surface area contributed by atoms with E-state index < -0.39 is 23.8 Å². The summed E-state index contributed by atoms with van der Waals surface area (Å²) in [6.07, 6.45) is 0.438. The molecule has 1 N–H and O–H groups in total. The summed E-state index contributed by atoms with van der Waals surface area (Å²) in [6.45, 7) is 0.946. The molecule has 134 valence electrons. The summed E-state index contributed by atoms with van der Waals surface area (Å²) in [4.78, 5) is 40.2. The predicted molar refractivity (Wildman–Crippen MR) is 89.4 cm³/mol. The standard InChI is InChI=1S/C15H12ClN5O5/c1-2-10-17-13(19-26-10)12-14(24)20(7-11(22)23)15(25)21(18-12)9-5-3-8(16)4-6-9/h3-6H,2,7H2,1H3,(H,22,23). The molecule has 0 fully saturated rings. The molecule has 0 spiro atoms. The van der Waals surface area contributed by atoms with Gasteiger partial charge in [-0.15, -0.1) is 0 Å². The second-order valence-corrected chi connectivity index (χ2v) is 5.61. The average molecular weight is 378 g/mol. The van der Waals surface area contributed by atoms with Crippen molar-refractivity contribution in [3.63, 3.8) is 0 Å². The quantitative estimate of drug-likeness (QED) is 0.688. The molecule has 0 aliphatic heterocycles. The first-order valence-electron chi connectivity index (χ1n) is 7.45. The molecule has 0 unspecified atom stereocenters. The minimum absolute atomic E-state index is 0.131. The molecular weight excluding hydrogens is 366 g/mol. The van der Waals surface area contributed by atoms with Crippen LogP contribution < -0.4 is 11.2 Å². The number of rotatable bonds is 5. The monoisotopic (exact) mass is 377 g/mol. The second kappa shape index (κ2) is 6.92. The van der Waals surface area contributed by atoms with Crippen LogP contribution in [-0.4, -0.2) is 35.6 Å². The fourth-order valence-electron chi connectivity index (χ4n) is 2.17. The summed E-state index contributed by atoms with van der Waals surface area (Å²) in [5, 5.41) is 17.1. The Morgan fingerprint density at radius 3 is 2.54 bits per heavy atom. The fourth-order valence-corrected chi connectivity index (χ4v) is 2.30. The van der Waals surface area contributed by atoms with E-state index in [2.05, 4.69) is 15.2 Å². The normalized spacial score (nSPS) is 10.8. The average Bonchev–Trinajstić information content (AvgIpc) is 3.08. The molecule has 0 atom stereocenters. The summed E-state index contributed by atoms with van der Waals surface area (Å²) in [5.74, 6) is -1.21. The summed E-state index contributed by atoms with van der Waals surface area (Å²) in [7, 11) is 0. The highest BCUT2D eigenvalue weighted by Crippen LogP contribution is 2.13. The lowest BCUT2D eigenvalue weighted by Gasteiger charge is -2.09. The van der Waals surface area contributed by atoms with Gasteiger partial charge in [-0.2, -0.15) is 14.8 Å². The second-order valence-electron chi connectivity index (χ2n) is 5.17. The molecule has 3 rings (SSSR count). The Balaban J connectivity index is 2.28. The number of carboxylic acid groups (broad SMARTS) is 1. The maximum absolute atomic E-state index is 12.6. The van der Waals surface area contributed by atoms with Gasteiger partial charge in [0.25, 0.3) is 5.56 Å². The number of carboxylic acids is 1. The SMILES string of the molecule is CCc1nc(-c2nn(-c3ccc(Cl)cc3)c(=O)n(CC(=O)O)c2=O)no1. The van der Waals surface area contributed by atoms with Crippen LogP contribution in [0.3, 0.4) is 0 Å². The third-order valence-electron chi connectivity index (χ3n) is 3.41. The van der Waals surface area contributed by atoms with E-state index in [1.807, 2.05) is 0 Å². The minimum Gasteiger partial charge on any atom is -0.480 e. The molecule has 10 nitrogen and oxygen atoms in total. The number of aryl methyl sites for hydroxylation is 1. The van der Waals surface area contributed by atoms with Crippen LogP contribution in [-0.2, 0) is 17.8 Å². The van der Waals surface area contributed by atoms with Crippen LogP contribution in [0, 0.1) is 0 Å². The van der Waals surface area contributed by atoms with Crippen molar-refractivity contribution in [3.05, 3.63) is 56.0 Å². The van der Waals surface area contributed by atoms with Crippen molar-refractivity contribution in [2.75, 3.05) is 0 Å². The highest BCUT2D eigenvalue weighted by Gasteiger charge is 2.21. The topological polar surface area (TPSA) is 133 Å². The number of aromatic nitrogens is 5. The van der Waals surface area contributed by atoms with Crippen molar-refractivity contribution in [3.8, 4) is 17.2 Å². The Bertz CT molecular complexity index is 1080. The highest BCUT2D eigenvalue weighted by atomic mass is 35.5. The molecular formula is C15H12ClN5O5. The molecule has 2 heterocycles. The van der Waals surface area contributed by atoms with Gasteiger partial charge >= 0.3 is 11.7 Å². The lowest BCUT2D eigenvalue weighted by molar-refractivity contribution is -0.137. The van der Waals surface area contributed by atoms with E-state index in [0.29, 0.717) is 21.7 Å². The lowest BCUT2D eigenvalue weighted by atomic mass is 10.3. The van der Waals surface area contributed by atoms with Gasteiger partial charge in [-0.3, -0.25) is 9.59 Å². The largest absolute Gasteiger partial charge is 0.480 e. The van der Waals surface area contributed by atoms with Crippen LogP contribution in [0.1, 0.15) is 12.8 Å². The Morgan fingerprint density at radius 2 is 1.96 bits per heavy atom. The smallest absolute Gasteiger partial charge is 0.352 e. The van der Waals surface area contributed by atoms with Gasteiger partial charge in [0, 0.05) is 11.4 Å². The first-order valence-corrected chi connectivity index (χ1v) is 7.83. The Kier molecular flexibility index (Phi) is 4.67. The molecule has 3 aromatic rings. The van der Waals surface area contributed by atoms with Crippen LogP contribution >= 0.6 is 11.6 Å². The number of hydrogen-bond donors (Lipinski definition) is 1. The third-order valence-corrected chi connectivity index (χ3v) is 3.66. The molecule has 0 aliphatic carbocycles. The van der Waals surface area contributed by atoms with Crippen LogP contribution in [0.25, 0.3) is 17.2 Å². The summed E-state index contributed by atoms with van der Waals surface area (Å²) >= 11 is 5.84. The third kappa shape index (κ3) is 3.26. The number of benzene rings is 1. The maximum atomic E-state index is 12.6. The van der Waals surface area contributed by atoms with Gasteiger partial charge in [0.1, 0.15) is 6.54 Å². The molecule has 0 amide bonds. The molecule has 26 heavy (non-hydrogen) atoms. The van der Waals surface area contributed by atoms with Crippen molar-refractivity contribution in [1.29, 1.82) is 0 Å². The number of aliphatic carboxylic acids is 1. The fraction of sp³-hybridized carbons (Fsp3) is 0.200. The van der Waals surface area contributed by atoms with Crippen molar-refractivity contribution in [2.24, 2.45) is 0 Å². The maximum Gasteiger partial charge on any atom is 0.352 e. The number of hydrogen-bond acceptors (Lipinski definition) is 7. The first kappa shape index (κ1) is 17.5. The van der Waals surface area contributed by atoms with Gasteiger partial charge in [-0.1, -0.05) is 23.7 Å². The molecule has 1 aromatic carbocycles. The van der Waals surface area contributed by atoms with Crippen LogP contribution in [0.2, 0.25) is 5.02 Å². The van der Waals surface area contributed by atoms with Gasteiger partial charge in [0.15, 0.2) is 5.69 Å². The van der Waals surface area contributed by atoms with Crippen molar-refractivity contribution >= 4 is 17.6 Å². The number of nitrogens with zero attached hydrogens (tertiary/aromatic N) is 5. The van der Waals surface area contributed by atoms with Gasteiger partial charge in [0.05, 0.1) is 5.69 Å². The van der Waals surface area contributed by atoms with Gasteiger partial charge in [0.2, 0.25) is 11.7 Å². The van der Waals surface area contributed by atoms with Crippen LogP contribution in [0.4, 0.5) is 0 Å². The van der Waals surface area contributed by atoms with E-state index in [1.54, 1.807) is 6.92 Å². The van der Waals surface area contributed by atoms with Crippen molar-refractivity contribution < 1.29 is 14.4 Å². The van der Waals surface area contributed by atoms with E-state index >= 15 is 0 Å². The van der Waals surface area contributed by atoms with Crippen LogP contribution in [0.15, 0.2) is 38.4 Å². The lowest BCUT2D eigenvalue weighted by Crippen LogP contribution is -2.43. The van der Waals surface area contributed by atoms with E-state index in [1.165, 1.54) is 24.3 Å². The van der Waals surface area contributed by atoms with E-state index in [-0.39, 0.29) is 17.4 Å². The number of halogens is 1. The zero-order valence-electron chi connectivity index (χ0n) is 13.4. The summed E-state index contributed by atoms with van der Waals surface area (Å²) in [5.41, 5.74) is -1.85. The van der Waals surface area contributed by atoms with Crippen molar-refractivity contribution in [1.82, 2.24) is 24.5 Å². The molecule has 11 heteroatoms. The summed E-state index contributed by atoms with van der Waals surface area (Å²) in [6, 6.07) is 6.06. The molecule has 0 saturated heterocycles. The minimum atomic E-state index is -1.36. The molecule has 0 saturated carbocycles. The zero-order chi connectivity index (χ0) is 18.8. The Labute approximate surface area is 150 Å². The molecule has 0 aliphatic rings. The molecule has 0 radical (unpaired) electrons. The summed E-state index contributed by atoms with van der Waals surface area (Å²) < 4.78 is 6.40. The van der Waals surface area contributed by atoms with Crippen molar-refractivity contribution in [2.45, 2.75) is 19.9 Å². The molecule has 2 aromatic heterocycles. The Morgan fingerprint density at radius 1 is 1.27 bits per heavy atom. The predicted octanol–water partition coefficient (Wildman–Crippen LogP) is 0.745. The van der Waals surface area contributed by atoms with E-state index in [9.17, 15) is 14.4 Å².